The maximum Gasteiger partial charge on any atom is 0.127 e. The normalized spacial score (nSPS) is 19.8. The van der Waals surface area contributed by atoms with Gasteiger partial charge in [0.05, 0.1) is 5.84 Å². The molecule has 1 fully saturated rings. The van der Waals surface area contributed by atoms with Crippen LogP contribution >= 0.6 is 11.9 Å². The number of nitrogens with one attached hydrogen (secondary N) is 2. The molecule has 0 radical (unpaired) electrons. The largest absolute Gasteiger partial charge is 0.370 e. The van der Waals surface area contributed by atoms with E-state index in [1.807, 2.05) is 18.2 Å². The van der Waals surface area contributed by atoms with Gasteiger partial charge in [0, 0.05) is 25.0 Å². The lowest BCUT2D eigenvalue weighted by Gasteiger charge is -2.33. The lowest BCUT2D eigenvalue weighted by atomic mass is 9.93. The van der Waals surface area contributed by atoms with E-state index in [9.17, 15) is 0 Å². The van der Waals surface area contributed by atoms with Crippen LogP contribution < -0.4 is 10.5 Å². The third-order valence-corrected chi connectivity index (χ3v) is 5.03. The van der Waals surface area contributed by atoms with Crippen molar-refractivity contribution in [2.24, 2.45) is 11.1 Å². The summed E-state index contributed by atoms with van der Waals surface area (Å²) in [5.74, 6) is 2.34. The molecule has 6 heteroatoms. The highest BCUT2D eigenvalue weighted by Gasteiger charge is 2.38. The van der Waals surface area contributed by atoms with Crippen LogP contribution in [-0.4, -0.2) is 34.3 Å². The smallest absolute Gasteiger partial charge is 0.127 e. The van der Waals surface area contributed by atoms with E-state index < -0.39 is 0 Å². The summed E-state index contributed by atoms with van der Waals surface area (Å²) < 4.78 is 0. The van der Waals surface area contributed by atoms with Gasteiger partial charge in [-0.2, -0.15) is 0 Å². The third-order valence-electron chi connectivity index (χ3n) is 4.56. The van der Waals surface area contributed by atoms with Crippen molar-refractivity contribution in [2.75, 3.05) is 18.4 Å². The highest BCUT2D eigenvalue weighted by Crippen LogP contribution is 2.35. The number of anilines is 1. The summed E-state index contributed by atoms with van der Waals surface area (Å²) in [4.78, 5) is 6.71. The van der Waals surface area contributed by atoms with Gasteiger partial charge >= 0.3 is 0 Å². The third kappa shape index (κ3) is 4.85. The summed E-state index contributed by atoms with van der Waals surface area (Å²) in [6.07, 6.45) is 4.30. The van der Waals surface area contributed by atoms with E-state index in [1.165, 1.54) is 24.8 Å². The first-order chi connectivity index (χ1) is 11.0. The van der Waals surface area contributed by atoms with Gasteiger partial charge in [0.1, 0.15) is 10.8 Å². The van der Waals surface area contributed by atoms with Crippen LogP contribution in [0.25, 0.3) is 0 Å². The molecule has 1 atom stereocenters. The fourth-order valence-electron chi connectivity index (χ4n) is 3.43. The molecule has 1 saturated heterocycles. The second-order valence-corrected chi connectivity index (χ2v) is 7.50. The van der Waals surface area contributed by atoms with Gasteiger partial charge in [0.25, 0.3) is 0 Å². The van der Waals surface area contributed by atoms with E-state index >= 15 is 0 Å². The fraction of sp³-hybridized carbons (Fsp3) is 0.647. The van der Waals surface area contributed by atoms with Gasteiger partial charge in [-0.05, 0) is 63.1 Å². The molecule has 1 aromatic heterocycles. The highest BCUT2D eigenvalue weighted by molar-refractivity contribution is 7.97. The minimum absolute atomic E-state index is 0.124. The van der Waals surface area contributed by atoms with E-state index in [4.69, 9.17) is 10.5 Å². The van der Waals surface area contributed by atoms with E-state index in [-0.39, 0.29) is 5.54 Å². The number of likely N-dealkylation sites (tertiary alicyclic amines) is 1. The second-order valence-electron chi connectivity index (χ2n) is 6.84. The van der Waals surface area contributed by atoms with Gasteiger partial charge in [-0.15, -0.1) is 0 Å². The van der Waals surface area contributed by atoms with Crippen LogP contribution in [0.2, 0.25) is 0 Å². The quantitative estimate of drug-likeness (QED) is 0.306. The molecule has 23 heavy (non-hydrogen) atoms. The Morgan fingerprint density at radius 1 is 1.52 bits per heavy atom. The first-order valence-electron chi connectivity index (χ1n) is 8.39. The van der Waals surface area contributed by atoms with Crippen LogP contribution in [-0.2, 0) is 0 Å². The predicted octanol–water partition coefficient (Wildman–Crippen LogP) is 3.73. The zero-order valence-corrected chi connectivity index (χ0v) is 15.2. The average molecular weight is 336 g/mol. The van der Waals surface area contributed by atoms with Crippen molar-refractivity contribution in [3.8, 4) is 0 Å². The van der Waals surface area contributed by atoms with E-state index in [1.54, 1.807) is 0 Å². The summed E-state index contributed by atoms with van der Waals surface area (Å²) in [6.45, 7) is 8.53. The fourth-order valence-corrected chi connectivity index (χ4v) is 3.74. The molecule has 128 valence electrons. The molecule has 0 bridgehead atoms. The van der Waals surface area contributed by atoms with Crippen LogP contribution in [0.5, 0.6) is 0 Å². The molecular formula is C17H29N5S. The topological polar surface area (TPSA) is 78.0 Å². The molecule has 0 aliphatic carbocycles. The number of hydrogen-bond donors (Lipinski definition) is 3. The number of nitrogens with zero attached hydrogens (tertiary/aromatic N) is 2. The molecule has 4 N–H and O–H groups in total. The van der Waals surface area contributed by atoms with Crippen LogP contribution in [0.1, 0.15) is 46.5 Å². The van der Waals surface area contributed by atoms with Gasteiger partial charge in [0.15, 0.2) is 0 Å². The number of hydrogen-bond acceptors (Lipinski definition) is 5. The zero-order valence-electron chi connectivity index (χ0n) is 14.4. The number of pyridine rings is 1. The summed E-state index contributed by atoms with van der Waals surface area (Å²) >= 11 is 1.17. The van der Waals surface area contributed by atoms with E-state index in [2.05, 4.69) is 36.0 Å². The van der Waals surface area contributed by atoms with Crippen molar-refractivity contribution in [3.05, 3.63) is 18.2 Å². The van der Waals surface area contributed by atoms with Crippen molar-refractivity contribution in [2.45, 2.75) is 57.0 Å². The van der Waals surface area contributed by atoms with Crippen molar-refractivity contribution in [1.29, 1.82) is 5.41 Å². The van der Waals surface area contributed by atoms with Gasteiger partial charge in [0.2, 0.25) is 0 Å². The molecule has 0 amide bonds. The van der Waals surface area contributed by atoms with Crippen LogP contribution in [0.15, 0.2) is 23.2 Å². The molecule has 0 saturated carbocycles. The maximum atomic E-state index is 8.14. The summed E-state index contributed by atoms with van der Waals surface area (Å²) in [6, 6.07) is 5.86. The Bertz CT molecular complexity index is 531. The Kier molecular flexibility index (Phi) is 6.30. The Balaban J connectivity index is 1.75. The Morgan fingerprint density at radius 2 is 2.30 bits per heavy atom. The Morgan fingerprint density at radius 3 is 3.00 bits per heavy atom. The Labute approximate surface area is 144 Å². The minimum atomic E-state index is 0.124. The number of aromatic nitrogens is 1. The standard InChI is InChI=1S/C17H29N5S/c1-4-14(18)22-12-13(11-17(22,2)3)7-6-10-20-15-8-5-9-16(21-15)23-19/h5,8-9,13,18H,4,6-7,10-12,19H2,1-3H3,(H,20,21). The number of rotatable bonds is 7. The predicted molar refractivity (Wildman–Crippen MR) is 98.9 cm³/mol. The minimum Gasteiger partial charge on any atom is -0.370 e. The molecule has 2 rings (SSSR count). The molecule has 1 aliphatic rings. The van der Waals surface area contributed by atoms with Gasteiger partial charge in [-0.25, -0.2) is 4.98 Å². The summed E-state index contributed by atoms with van der Waals surface area (Å²) in [7, 11) is 0. The van der Waals surface area contributed by atoms with Gasteiger partial charge in [-0.3, -0.25) is 10.5 Å². The molecule has 5 nitrogen and oxygen atoms in total. The molecular weight excluding hydrogens is 306 g/mol. The molecule has 1 aliphatic heterocycles. The van der Waals surface area contributed by atoms with Crippen molar-refractivity contribution in [3.63, 3.8) is 0 Å². The van der Waals surface area contributed by atoms with Crippen molar-refractivity contribution < 1.29 is 0 Å². The van der Waals surface area contributed by atoms with E-state index in [0.717, 1.165) is 42.6 Å². The van der Waals surface area contributed by atoms with Crippen LogP contribution in [0.4, 0.5) is 5.82 Å². The zero-order chi connectivity index (χ0) is 16.9. The molecule has 0 spiro atoms. The molecule has 2 heterocycles. The second kappa shape index (κ2) is 8.02. The highest BCUT2D eigenvalue weighted by atomic mass is 32.2. The molecule has 0 aromatic carbocycles. The molecule has 1 aromatic rings. The molecule has 1 unspecified atom stereocenters. The van der Waals surface area contributed by atoms with Crippen LogP contribution in [0.3, 0.4) is 0 Å². The monoisotopic (exact) mass is 335 g/mol. The van der Waals surface area contributed by atoms with Gasteiger partial charge in [-0.1, -0.05) is 13.0 Å². The first-order valence-corrected chi connectivity index (χ1v) is 9.27. The first kappa shape index (κ1) is 18.1. The maximum absolute atomic E-state index is 8.14. The van der Waals surface area contributed by atoms with Gasteiger partial charge < -0.3 is 10.2 Å². The Hall–Kier alpha value is -1.27. The van der Waals surface area contributed by atoms with E-state index in [0.29, 0.717) is 5.92 Å². The number of nitrogens with two attached hydrogens (primary N) is 1. The van der Waals surface area contributed by atoms with Crippen molar-refractivity contribution in [1.82, 2.24) is 9.88 Å². The van der Waals surface area contributed by atoms with Crippen LogP contribution in [0, 0.1) is 11.3 Å². The lowest BCUT2D eigenvalue weighted by molar-refractivity contribution is 0.276. The van der Waals surface area contributed by atoms with Crippen molar-refractivity contribution >= 4 is 23.6 Å². The SMILES string of the molecule is CCC(=N)N1CC(CCCNc2cccc(SN)n2)CC1(C)C. The summed E-state index contributed by atoms with van der Waals surface area (Å²) in [5, 5.41) is 17.9. The average Bonchev–Trinajstić information content (AvgIpc) is 2.85. The number of amidine groups is 1. The summed E-state index contributed by atoms with van der Waals surface area (Å²) in [5.41, 5.74) is 0.124. The lowest BCUT2D eigenvalue weighted by Crippen LogP contribution is -2.41.